The Morgan fingerprint density at radius 3 is 1.51 bits per heavy atom. The number of nitriles is 1. The molecule has 3 aromatic carbocycles. The third kappa shape index (κ3) is 7.37. The molecule has 0 N–H and O–H groups in total. The van der Waals surface area contributed by atoms with E-state index < -0.39 is 5.41 Å². The topological polar surface area (TPSA) is 67.2 Å². The fourth-order valence-corrected chi connectivity index (χ4v) is 4.79. The highest BCUT2D eigenvalue weighted by atomic mass is 16.6. The van der Waals surface area contributed by atoms with Gasteiger partial charge in [-0.25, -0.2) is 0 Å². The van der Waals surface area contributed by atoms with Crippen LogP contribution in [-0.4, -0.2) is 80.0 Å². The van der Waals surface area contributed by atoms with Gasteiger partial charge in [-0.2, -0.15) is 5.26 Å². The van der Waals surface area contributed by atoms with E-state index in [1.54, 1.807) is 0 Å². The maximum absolute atomic E-state index is 10.7. The van der Waals surface area contributed by atoms with Crippen LogP contribution in [0.2, 0.25) is 0 Å². The Hall–Kier alpha value is -3.41. The van der Waals surface area contributed by atoms with Gasteiger partial charge in [0.1, 0.15) is 5.41 Å². The minimum Gasteiger partial charge on any atom is -0.378 e. The lowest BCUT2D eigenvalue weighted by Crippen LogP contribution is -2.32. The average Bonchev–Trinajstić information content (AvgIpc) is 2.99. The summed E-state index contributed by atoms with van der Waals surface area (Å²) in [5, 5.41) is 10.7. The third-order valence-electron chi connectivity index (χ3n) is 6.98. The number of anilines is 2. The normalized spacial score (nSPS) is 17.7. The lowest BCUT2D eigenvalue weighted by Gasteiger charge is -2.30. The Balaban J connectivity index is 1.61. The van der Waals surface area contributed by atoms with Gasteiger partial charge in [0.25, 0.3) is 0 Å². The van der Waals surface area contributed by atoms with Gasteiger partial charge < -0.3 is 28.7 Å². The van der Waals surface area contributed by atoms with Crippen LogP contribution in [-0.2, 0) is 24.4 Å². The molecule has 4 rings (SSSR count). The van der Waals surface area contributed by atoms with Crippen molar-refractivity contribution in [3.63, 3.8) is 0 Å². The fourth-order valence-electron chi connectivity index (χ4n) is 4.79. The van der Waals surface area contributed by atoms with Crippen LogP contribution in [0.1, 0.15) is 16.7 Å². The first-order valence-corrected chi connectivity index (χ1v) is 13.6. The second-order valence-corrected chi connectivity index (χ2v) is 9.65. The maximum atomic E-state index is 10.7. The largest absolute Gasteiger partial charge is 0.378 e. The summed E-state index contributed by atoms with van der Waals surface area (Å²) in [5.41, 5.74) is 4.03. The van der Waals surface area contributed by atoms with E-state index in [0.717, 1.165) is 41.2 Å². The molecule has 1 aliphatic heterocycles. The summed E-state index contributed by atoms with van der Waals surface area (Å²) in [6.45, 7) is 5.98. The molecule has 0 aliphatic carbocycles. The number of nitrogens with zero attached hydrogens (tertiary/aromatic N) is 3. The second kappa shape index (κ2) is 14.7. The summed E-state index contributed by atoms with van der Waals surface area (Å²) >= 11 is 0. The molecule has 1 unspecified atom stereocenters. The molecule has 1 saturated heterocycles. The molecular weight excluding hydrogens is 490 g/mol. The Bertz CT molecular complexity index is 1150. The average molecular weight is 530 g/mol. The molecular formula is C32H39N3O4. The van der Waals surface area contributed by atoms with E-state index in [1.165, 1.54) is 0 Å². The van der Waals surface area contributed by atoms with Crippen LogP contribution < -0.4 is 9.80 Å². The van der Waals surface area contributed by atoms with E-state index in [0.29, 0.717) is 52.9 Å². The summed E-state index contributed by atoms with van der Waals surface area (Å²) in [6.07, 6.45) is 0. The minimum atomic E-state index is -0.937. The molecule has 1 atom stereocenters. The van der Waals surface area contributed by atoms with Crippen molar-refractivity contribution >= 4 is 11.4 Å². The van der Waals surface area contributed by atoms with Gasteiger partial charge in [0.15, 0.2) is 0 Å². The zero-order chi connectivity index (χ0) is 27.3. The van der Waals surface area contributed by atoms with Gasteiger partial charge in [0.2, 0.25) is 0 Å². The first-order chi connectivity index (χ1) is 19.1. The van der Waals surface area contributed by atoms with Crippen LogP contribution in [0.3, 0.4) is 0 Å². The Morgan fingerprint density at radius 1 is 0.615 bits per heavy atom. The fraction of sp³-hybridized carbons (Fsp3) is 0.406. The summed E-state index contributed by atoms with van der Waals surface area (Å²) in [5.74, 6) is 0. The van der Waals surface area contributed by atoms with Crippen molar-refractivity contribution in [1.82, 2.24) is 0 Å². The maximum Gasteiger partial charge on any atom is 0.132 e. The van der Waals surface area contributed by atoms with Crippen molar-refractivity contribution in [3.05, 3.63) is 95.6 Å². The smallest absolute Gasteiger partial charge is 0.132 e. The number of hydrogen-bond donors (Lipinski definition) is 0. The van der Waals surface area contributed by atoms with Crippen molar-refractivity contribution in [2.45, 2.75) is 5.41 Å². The molecule has 3 aromatic rings. The zero-order valence-corrected chi connectivity index (χ0v) is 23.1. The van der Waals surface area contributed by atoms with Gasteiger partial charge in [-0.3, -0.25) is 0 Å². The first kappa shape index (κ1) is 28.6. The van der Waals surface area contributed by atoms with Crippen molar-refractivity contribution < 1.29 is 18.9 Å². The quantitative estimate of drug-likeness (QED) is 0.451. The SMILES string of the molecule is CN(C)c1ccc(C(C#N)(c2ccccc2)c2ccc(N3CCOCCOCCOCCOCC3)cc2)cc1. The summed E-state index contributed by atoms with van der Waals surface area (Å²) in [4.78, 5) is 4.32. The third-order valence-corrected chi connectivity index (χ3v) is 6.98. The van der Waals surface area contributed by atoms with Crippen LogP contribution in [0.15, 0.2) is 78.9 Å². The van der Waals surface area contributed by atoms with Crippen LogP contribution in [0.25, 0.3) is 0 Å². The number of ether oxygens (including phenoxy) is 4. The van der Waals surface area contributed by atoms with Crippen molar-refractivity contribution in [1.29, 1.82) is 5.26 Å². The monoisotopic (exact) mass is 529 g/mol. The van der Waals surface area contributed by atoms with E-state index in [4.69, 9.17) is 18.9 Å². The summed E-state index contributed by atoms with van der Waals surface area (Å²) < 4.78 is 22.7. The molecule has 0 amide bonds. The number of hydrogen-bond acceptors (Lipinski definition) is 7. The molecule has 0 aromatic heterocycles. The Labute approximate surface area is 232 Å². The predicted molar refractivity (Wildman–Crippen MR) is 155 cm³/mol. The molecule has 1 fully saturated rings. The number of benzene rings is 3. The molecule has 1 heterocycles. The second-order valence-electron chi connectivity index (χ2n) is 9.65. The summed E-state index contributed by atoms with van der Waals surface area (Å²) in [7, 11) is 4.03. The van der Waals surface area contributed by atoms with Crippen LogP contribution in [0, 0.1) is 11.3 Å². The van der Waals surface area contributed by atoms with E-state index in [9.17, 15) is 5.26 Å². The van der Waals surface area contributed by atoms with Gasteiger partial charge in [-0.05, 0) is 41.0 Å². The highest BCUT2D eigenvalue weighted by Crippen LogP contribution is 2.40. The lowest BCUT2D eigenvalue weighted by atomic mass is 9.70. The molecule has 0 saturated carbocycles. The van der Waals surface area contributed by atoms with Gasteiger partial charge in [0.05, 0.1) is 58.9 Å². The molecule has 206 valence electrons. The van der Waals surface area contributed by atoms with Crippen molar-refractivity contribution in [2.75, 3.05) is 89.8 Å². The summed E-state index contributed by atoms with van der Waals surface area (Å²) in [6, 6.07) is 29.3. The molecule has 7 nitrogen and oxygen atoms in total. The molecule has 0 spiro atoms. The van der Waals surface area contributed by atoms with Crippen molar-refractivity contribution in [3.8, 4) is 6.07 Å². The Morgan fingerprint density at radius 2 is 1.05 bits per heavy atom. The van der Waals surface area contributed by atoms with Gasteiger partial charge >= 0.3 is 0 Å². The van der Waals surface area contributed by atoms with Gasteiger partial charge in [0, 0.05) is 38.6 Å². The molecule has 39 heavy (non-hydrogen) atoms. The highest BCUT2D eigenvalue weighted by molar-refractivity contribution is 5.61. The van der Waals surface area contributed by atoms with E-state index in [-0.39, 0.29) is 0 Å². The van der Waals surface area contributed by atoms with Crippen LogP contribution in [0.4, 0.5) is 11.4 Å². The molecule has 0 bridgehead atoms. The lowest BCUT2D eigenvalue weighted by molar-refractivity contribution is 0.00206. The van der Waals surface area contributed by atoms with Gasteiger partial charge in [-0.15, -0.1) is 0 Å². The molecule has 7 heteroatoms. The van der Waals surface area contributed by atoms with Crippen molar-refractivity contribution in [2.24, 2.45) is 0 Å². The van der Waals surface area contributed by atoms with E-state index in [1.807, 2.05) is 44.4 Å². The molecule has 0 radical (unpaired) electrons. The highest BCUT2D eigenvalue weighted by Gasteiger charge is 2.36. The van der Waals surface area contributed by atoms with Crippen LogP contribution in [0.5, 0.6) is 0 Å². The predicted octanol–water partition coefficient (Wildman–Crippen LogP) is 4.50. The van der Waals surface area contributed by atoms with Gasteiger partial charge in [-0.1, -0.05) is 54.6 Å². The minimum absolute atomic E-state index is 0.553. The van der Waals surface area contributed by atoms with Crippen LogP contribution >= 0.6 is 0 Å². The zero-order valence-electron chi connectivity index (χ0n) is 23.1. The van der Waals surface area contributed by atoms with E-state index >= 15 is 0 Å². The Kier molecular flexibility index (Phi) is 10.8. The number of rotatable bonds is 5. The standard InChI is InChI=1S/C32H39N3O4/c1-34(2)30-12-8-28(9-13-30)32(26-33,27-6-4-3-5-7-27)29-10-14-31(15-11-29)35-16-18-36-20-22-38-24-25-39-23-21-37-19-17-35/h3-15H,16-25H2,1-2H3. The van der Waals surface area contributed by atoms with E-state index in [2.05, 4.69) is 64.4 Å². The molecule has 1 aliphatic rings. The first-order valence-electron chi connectivity index (χ1n) is 13.6.